The molecule has 11 aromatic carbocycles. The highest BCUT2D eigenvalue weighted by Gasteiger charge is 2.39. The lowest BCUT2D eigenvalue weighted by molar-refractivity contribution is -0.384. The molecule has 0 amide bonds. The fourth-order valence-electron chi connectivity index (χ4n) is 16.1. The van der Waals surface area contributed by atoms with Gasteiger partial charge >= 0.3 is 24.7 Å². The molecule has 39 heteroatoms. The zero-order valence-corrected chi connectivity index (χ0v) is 82.4. The fraction of sp³-hybridized carbons (Fsp3) is 0.179. The molecule has 0 saturated carbocycles. The van der Waals surface area contributed by atoms with Crippen molar-refractivity contribution in [3.63, 3.8) is 0 Å². The maximum Gasteiger partial charge on any atom is 0.417 e. The number of nitro groups is 1. The molecule has 18 aromatic rings. The Morgan fingerprint density at radius 1 is 0.283 bits per heavy atom. The molecule has 0 spiro atoms. The highest BCUT2D eigenvalue weighted by atomic mass is 35.5. The zero-order valence-electron chi connectivity index (χ0n) is 75.6. The number of benzene rings is 11. The lowest BCUT2D eigenvalue weighted by Crippen LogP contribution is -2.10. The van der Waals surface area contributed by atoms with E-state index in [9.17, 15) is 62.8 Å². The van der Waals surface area contributed by atoms with Gasteiger partial charge in [0.25, 0.3) is 5.69 Å². The molecule has 18 nitrogen and oxygen atoms in total. The van der Waals surface area contributed by atoms with Crippen LogP contribution in [0.5, 0.6) is 0 Å². The number of alkyl halides is 12. The van der Waals surface area contributed by atoms with Crippen LogP contribution in [-0.2, 0) is 63.2 Å². The summed E-state index contributed by atoms with van der Waals surface area (Å²) in [6.07, 6.45) is -4.13. The van der Waals surface area contributed by atoms with E-state index in [4.69, 9.17) is 110 Å². The van der Waals surface area contributed by atoms with Gasteiger partial charge < -0.3 is 0 Å². The quantitative estimate of drug-likeness (QED) is 0.0451. The lowest BCUT2D eigenvalue weighted by atomic mass is 9.98. The van der Waals surface area contributed by atoms with Crippen molar-refractivity contribution in [1.29, 1.82) is 5.26 Å². The van der Waals surface area contributed by atoms with E-state index in [1.807, 2.05) is 104 Å². The SMILES string of the molecule is Cc1cccc2c(Cl)nc(-c3ccccc3C(F)(F)F)nc12.Clc1ccccc1-c1nc(Cl)c2c(n1)CCCCC2.FC(F)(F)c1ccccc1-c1nc(Cl)c2c(n1)CCC2.FC(F)(F)c1ccccc1-c1nc(Cl)c2c(n1)CCCCCC2.FC(F)(F)c1ccccc1-c1nc(Cl)c2ccccc2n1.N#Cc1ccccc1-c1nc(Cl)c2ccccc2n1.O=[N+]([O-])c1ccc(-c2nc(Cl)c3ccccc3n2)c(Cl)c1. The van der Waals surface area contributed by atoms with Crippen LogP contribution in [0.1, 0.15) is 119 Å². The summed E-state index contributed by atoms with van der Waals surface area (Å²) in [5.41, 5.74) is 8.07. The number of nitro benzene ring substituents is 1. The number of aromatic nitrogens is 14. The molecule has 7 heterocycles. The van der Waals surface area contributed by atoms with Gasteiger partial charge in [0.2, 0.25) is 0 Å². The minimum Gasteiger partial charge on any atom is -0.258 e. The van der Waals surface area contributed by atoms with E-state index < -0.39 is 51.9 Å². The van der Waals surface area contributed by atoms with Crippen LogP contribution < -0.4 is 0 Å². The third-order valence-corrected chi connectivity index (χ3v) is 25.9. The van der Waals surface area contributed by atoms with E-state index >= 15 is 0 Å². The first kappa shape index (κ1) is 106. The molecule has 21 rings (SSSR count). The predicted octanol–water partition coefficient (Wildman–Crippen LogP) is 33.1. The van der Waals surface area contributed by atoms with Gasteiger partial charge in [-0.1, -0.05) is 269 Å². The molecule has 3 aliphatic carbocycles. The van der Waals surface area contributed by atoms with E-state index in [1.54, 1.807) is 48.5 Å². The van der Waals surface area contributed by atoms with Crippen molar-refractivity contribution < 1.29 is 57.6 Å². The van der Waals surface area contributed by atoms with Crippen LogP contribution >= 0.6 is 104 Å². The summed E-state index contributed by atoms with van der Waals surface area (Å²) in [6, 6.07) is 69.2. The monoisotopic (exact) mass is 2140 g/mol. The second kappa shape index (κ2) is 46.8. The molecule has 3 aliphatic rings. The molecule has 7 aromatic heterocycles. The number of halogens is 21. The van der Waals surface area contributed by atoms with Crippen molar-refractivity contribution in [2.75, 3.05) is 0 Å². The van der Waals surface area contributed by atoms with E-state index in [2.05, 4.69) is 75.8 Å². The van der Waals surface area contributed by atoms with Crippen molar-refractivity contribution in [2.45, 2.75) is 122 Å². The van der Waals surface area contributed by atoms with Crippen molar-refractivity contribution >= 4 is 154 Å². The maximum atomic E-state index is 13.2. The molecule has 736 valence electrons. The van der Waals surface area contributed by atoms with Crippen molar-refractivity contribution in [3.8, 4) is 85.8 Å². The smallest absolute Gasteiger partial charge is 0.258 e. The molecule has 0 radical (unpaired) electrons. The standard InChI is InChI=1S/C17H16ClF3N2.C16H10ClF3N2.C15H14Cl2N2.C15H8ClF3N2.C15H8ClN3.C14H7Cl2N3O2.C14H10ClF3N2/c18-15-12-8-3-1-2-4-10-14(12)22-16(23-15)11-7-5-6-9-13(11)17(19,20)21;1-9-5-4-7-11-13(9)21-15(22-14(11)17)10-6-2-3-8-12(10)16(18,19)20;16-12-8-5-4-6-10(12)15-18-13-9-3-1-2-7-11(13)14(17)19-15;16-13-10-6-2-4-8-12(10)20-14(21-13)9-5-1-3-7-11(9)15(17,18)19;16-14-12-7-3-4-8-13(12)18-15(19-14)11-6-2-1-5-10(11)9-17;15-11-7-8(19(20)21)5-6-9(11)14-17-12-4-2-1-3-10(12)13(16)18-14;15-12-9-5-3-7-11(9)19-13(20-12)8-4-1-2-6-10(8)14(16,17)18/h5-7,9H,1-4,8,10H2;2-8H,1H3;4-6,8H,1-3,7,9H2;1-8H;1-8H;1-7H;1-2,4,6H,3,5,7H2. The number of rotatable bonds is 8. The van der Waals surface area contributed by atoms with Crippen LogP contribution in [0.25, 0.3) is 123 Å². The summed E-state index contributed by atoms with van der Waals surface area (Å²) in [5.74, 6) is 1.48. The average molecular weight is 2150 g/mol. The number of nitrogens with zero attached hydrogens (tertiary/aromatic N) is 16. The molecular weight excluding hydrogens is 2080 g/mol. The zero-order chi connectivity index (χ0) is 103. The van der Waals surface area contributed by atoms with Gasteiger partial charge in [-0.15, -0.1) is 0 Å². The number of hydrogen-bond donors (Lipinski definition) is 0. The van der Waals surface area contributed by atoms with Gasteiger partial charge in [-0.2, -0.15) is 57.9 Å². The van der Waals surface area contributed by atoms with Crippen molar-refractivity contribution in [3.05, 3.63) is 378 Å². The van der Waals surface area contributed by atoms with Gasteiger partial charge in [0, 0.05) is 106 Å². The molecule has 145 heavy (non-hydrogen) atoms. The van der Waals surface area contributed by atoms with Gasteiger partial charge in [0.1, 0.15) is 36.1 Å². The Labute approximate surface area is 865 Å². The van der Waals surface area contributed by atoms with Gasteiger partial charge in [-0.3, -0.25) is 10.1 Å². The van der Waals surface area contributed by atoms with E-state index in [0.29, 0.717) is 82.0 Å². The molecule has 0 bridgehead atoms. The largest absolute Gasteiger partial charge is 0.417 e. The number of para-hydroxylation sites is 4. The molecule has 0 unspecified atom stereocenters. The van der Waals surface area contributed by atoms with E-state index in [0.717, 1.165) is 156 Å². The van der Waals surface area contributed by atoms with Crippen molar-refractivity contribution in [1.82, 2.24) is 69.8 Å². The van der Waals surface area contributed by atoms with Crippen molar-refractivity contribution in [2.24, 2.45) is 0 Å². The molecule has 0 N–H and O–H groups in total. The Hall–Kier alpha value is -13.3. The minimum atomic E-state index is -4.48. The van der Waals surface area contributed by atoms with Gasteiger partial charge in [0.15, 0.2) is 40.8 Å². The number of hydrogen-bond acceptors (Lipinski definition) is 17. The summed E-state index contributed by atoms with van der Waals surface area (Å²) in [5, 5.41) is 25.6. The summed E-state index contributed by atoms with van der Waals surface area (Å²) in [4.78, 5) is 70.1. The Morgan fingerprint density at radius 3 is 0.966 bits per heavy atom. The Kier molecular flexibility index (Phi) is 34.2. The van der Waals surface area contributed by atoms with Crippen LogP contribution in [0, 0.1) is 28.4 Å². The molecule has 0 fully saturated rings. The molecule has 0 atom stereocenters. The summed E-state index contributed by atoms with van der Waals surface area (Å²) in [7, 11) is 0. The second-order valence-electron chi connectivity index (χ2n) is 32.7. The maximum absolute atomic E-state index is 13.2. The summed E-state index contributed by atoms with van der Waals surface area (Å²) >= 11 is 55.4. The first-order valence-corrected chi connectivity index (χ1v) is 48.0. The Balaban J connectivity index is 0.000000127. The van der Waals surface area contributed by atoms with Crippen LogP contribution in [0.4, 0.5) is 58.4 Å². The van der Waals surface area contributed by atoms with Gasteiger partial charge in [0.05, 0.1) is 70.9 Å². The first-order valence-electron chi connectivity index (χ1n) is 44.6. The highest BCUT2D eigenvalue weighted by molar-refractivity contribution is 6.37. The van der Waals surface area contributed by atoms with Crippen LogP contribution in [-0.4, -0.2) is 74.7 Å². The van der Waals surface area contributed by atoms with Crippen LogP contribution in [0.15, 0.2) is 255 Å². The van der Waals surface area contributed by atoms with E-state index in [1.165, 1.54) is 104 Å². The van der Waals surface area contributed by atoms with Gasteiger partial charge in [-0.05, 0) is 180 Å². The third-order valence-electron chi connectivity index (χ3n) is 23.2. The first-order chi connectivity index (χ1) is 69.4. The molecular formula is C106H73Cl9F12N16O2. The summed E-state index contributed by atoms with van der Waals surface area (Å²) in [6.45, 7) is 1.82. The average Bonchev–Trinajstić information content (AvgIpc) is 1.69. The number of nitriles is 1. The summed E-state index contributed by atoms with van der Waals surface area (Å²) < 4.78 is 157. The Morgan fingerprint density at radius 2 is 0.572 bits per heavy atom. The van der Waals surface area contributed by atoms with Crippen LogP contribution in [0.2, 0.25) is 46.1 Å². The predicted molar refractivity (Wildman–Crippen MR) is 543 cm³/mol. The molecule has 0 aliphatic heterocycles. The lowest BCUT2D eigenvalue weighted by Gasteiger charge is -2.17. The highest BCUT2D eigenvalue weighted by Crippen LogP contribution is 2.45. The number of fused-ring (bicyclic) bond motifs is 7. The number of non-ortho nitro benzene ring substituents is 1. The number of aryl methyl sites for hydroxylation is 4. The van der Waals surface area contributed by atoms with E-state index in [-0.39, 0.29) is 76.9 Å². The topological polar surface area (TPSA) is 247 Å². The van der Waals surface area contributed by atoms with Crippen LogP contribution in [0.3, 0.4) is 0 Å². The Bertz CT molecular complexity index is 7920. The molecule has 0 saturated heterocycles. The minimum absolute atomic E-state index is 0.0215. The second-order valence-corrected chi connectivity index (χ2v) is 36.0. The van der Waals surface area contributed by atoms with Gasteiger partial charge in [-0.25, -0.2) is 69.8 Å². The normalized spacial score (nSPS) is 12.8. The fourth-order valence-corrected chi connectivity index (χ4v) is 18.4. The third kappa shape index (κ3) is 25.8.